The molecule has 0 saturated heterocycles. The fraction of sp³-hybridized carbons (Fsp3) is 0.360. The number of amides is 3. The quantitative estimate of drug-likeness (QED) is 0.0736. The number of nitrogens with two attached hydrogens (primary N) is 3. The molecule has 0 spiro atoms. The van der Waals surface area contributed by atoms with Gasteiger partial charge in [-0.3, -0.25) is 19.8 Å². The minimum atomic E-state index is -4.81. The Kier molecular flexibility index (Phi) is 12.1. The maximum atomic E-state index is 13.9. The second kappa shape index (κ2) is 15.0. The fourth-order valence-corrected chi connectivity index (χ4v) is 4.45. The van der Waals surface area contributed by atoms with Crippen molar-refractivity contribution >= 4 is 46.8 Å². The first kappa shape index (κ1) is 33.0. The molecule has 12 nitrogen and oxygen atoms in total. The van der Waals surface area contributed by atoms with Crippen LogP contribution in [0.5, 0.6) is 11.5 Å². The zero-order valence-electron chi connectivity index (χ0n) is 22.4. The number of hydrogen-bond donors (Lipinski definition) is 7. The summed E-state index contributed by atoms with van der Waals surface area (Å²) >= 11 is 1.04. The highest BCUT2D eigenvalue weighted by molar-refractivity contribution is 7.99. The minimum Gasteiger partial charge on any atom is -0.496 e. The van der Waals surface area contributed by atoms with Gasteiger partial charge in [0.05, 0.1) is 47.2 Å². The SMILES string of the molecule is COc1cc(OC)c(C(=O)Nc2cc(C(F)(F)F)cc(NC(=O)CCCCNC(=N)N)c2SCCN)cc1C(N)=O. The van der Waals surface area contributed by atoms with Gasteiger partial charge in [0.25, 0.3) is 11.8 Å². The van der Waals surface area contributed by atoms with Crippen molar-refractivity contribution in [3.63, 3.8) is 0 Å². The average molecular weight is 600 g/mol. The number of carbonyl (C=O) groups excluding carboxylic acids is 3. The van der Waals surface area contributed by atoms with Crippen LogP contribution in [0.2, 0.25) is 0 Å². The van der Waals surface area contributed by atoms with Gasteiger partial charge in [-0.1, -0.05) is 0 Å². The first-order chi connectivity index (χ1) is 19.3. The van der Waals surface area contributed by atoms with Crippen molar-refractivity contribution in [3.05, 3.63) is 41.0 Å². The van der Waals surface area contributed by atoms with E-state index in [1.165, 1.54) is 20.3 Å². The van der Waals surface area contributed by atoms with Crippen LogP contribution < -0.4 is 42.6 Å². The van der Waals surface area contributed by atoms with Crippen LogP contribution in [-0.2, 0) is 11.0 Å². The van der Waals surface area contributed by atoms with Gasteiger partial charge in [0.15, 0.2) is 5.96 Å². The molecule has 0 unspecified atom stereocenters. The molecule has 3 amide bonds. The number of thioether (sulfide) groups is 1. The largest absolute Gasteiger partial charge is 0.496 e. The van der Waals surface area contributed by atoms with E-state index < -0.39 is 29.5 Å². The van der Waals surface area contributed by atoms with Gasteiger partial charge in [-0.25, -0.2) is 0 Å². The van der Waals surface area contributed by atoms with Crippen LogP contribution in [0.15, 0.2) is 29.2 Å². The average Bonchev–Trinajstić information content (AvgIpc) is 2.90. The lowest BCUT2D eigenvalue weighted by atomic mass is 10.1. The van der Waals surface area contributed by atoms with Crippen molar-refractivity contribution in [2.75, 3.05) is 43.7 Å². The molecular weight excluding hydrogens is 567 g/mol. The van der Waals surface area contributed by atoms with E-state index in [0.717, 1.165) is 30.0 Å². The Balaban J connectivity index is 2.50. The molecule has 2 aromatic carbocycles. The number of carbonyl (C=O) groups is 3. The number of hydrogen-bond acceptors (Lipinski definition) is 8. The number of alkyl halides is 3. The Bertz CT molecular complexity index is 1290. The number of halogens is 3. The lowest BCUT2D eigenvalue weighted by molar-refractivity contribution is -0.137. The fourth-order valence-electron chi connectivity index (χ4n) is 3.60. The number of ether oxygens (including phenoxy) is 2. The lowest BCUT2D eigenvalue weighted by Gasteiger charge is -2.20. The van der Waals surface area contributed by atoms with E-state index in [0.29, 0.717) is 19.4 Å². The molecule has 16 heteroatoms. The normalized spacial score (nSPS) is 11.0. The summed E-state index contributed by atoms with van der Waals surface area (Å²) in [6.45, 7) is 0.510. The molecule has 224 valence electrons. The van der Waals surface area contributed by atoms with Gasteiger partial charge in [0.1, 0.15) is 11.5 Å². The zero-order chi connectivity index (χ0) is 30.7. The first-order valence-corrected chi connectivity index (χ1v) is 13.1. The summed E-state index contributed by atoms with van der Waals surface area (Å²) in [4.78, 5) is 38.0. The molecule has 0 aromatic heterocycles. The van der Waals surface area contributed by atoms with Crippen molar-refractivity contribution in [3.8, 4) is 11.5 Å². The Labute approximate surface area is 238 Å². The molecule has 0 aliphatic rings. The van der Waals surface area contributed by atoms with Gasteiger partial charge in [-0.15, -0.1) is 11.8 Å². The molecule has 0 fully saturated rings. The number of nitrogens with one attached hydrogen (secondary N) is 4. The summed E-state index contributed by atoms with van der Waals surface area (Å²) in [5.41, 5.74) is 14.3. The van der Waals surface area contributed by atoms with Crippen molar-refractivity contribution in [1.82, 2.24) is 5.32 Å². The maximum absolute atomic E-state index is 13.9. The lowest BCUT2D eigenvalue weighted by Crippen LogP contribution is -2.31. The number of guanidine groups is 1. The van der Waals surface area contributed by atoms with E-state index in [1.54, 1.807) is 0 Å². The van der Waals surface area contributed by atoms with Crippen LogP contribution in [0.1, 0.15) is 45.5 Å². The minimum absolute atomic E-state index is 0.0164. The highest BCUT2D eigenvalue weighted by Gasteiger charge is 2.33. The van der Waals surface area contributed by atoms with Crippen molar-refractivity contribution in [2.24, 2.45) is 17.2 Å². The smallest absolute Gasteiger partial charge is 0.416 e. The third kappa shape index (κ3) is 9.46. The number of primary amides is 1. The number of methoxy groups -OCH3 is 2. The molecular formula is C25H32F3N7O5S. The monoisotopic (exact) mass is 599 g/mol. The van der Waals surface area contributed by atoms with E-state index in [9.17, 15) is 27.6 Å². The van der Waals surface area contributed by atoms with Crippen LogP contribution in [0.3, 0.4) is 0 Å². The number of anilines is 2. The summed E-state index contributed by atoms with van der Waals surface area (Å²) in [6.07, 6.45) is -3.97. The van der Waals surface area contributed by atoms with Crippen LogP contribution in [0.25, 0.3) is 0 Å². The summed E-state index contributed by atoms with van der Waals surface area (Å²) in [5, 5.41) is 14.7. The Morgan fingerprint density at radius 2 is 1.56 bits per heavy atom. The van der Waals surface area contributed by atoms with Crippen molar-refractivity contribution < 1.29 is 37.0 Å². The van der Waals surface area contributed by atoms with Crippen LogP contribution in [0, 0.1) is 5.41 Å². The van der Waals surface area contributed by atoms with Gasteiger partial charge >= 0.3 is 6.18 Å². The molecule has 0 aliphatic heterocycles. The van der Waals surface area contributed by atoms with E-state index in [2.05, 4.69) is 16.0 Å². The third-order valence-corrected chi connectivity index (χ3v) is 6.65. The van der Waals surface area contributed by atoms with Gasteiger partial charge in [0, 0.05) is 31.3 Å². The highest BCUT2D eigenvalue weighted by Crippen LogP contribution is 2.41. The molecule has 0 saturated carbocycles. The van der Waals surface area contributed by atoms with E-state index in [-0.39, 0.29) is 63.6 Å². The second-order valence-electron chi connectivity index (χ2n) is 8.45. The summed E-state index contributed by atoms with van der Waals surface area (Å²) in [7, 11) is 2.54. The van der Waals surface area contributed by atoms with Gasteiger partial charge in [0.2, 0.25) is 5.91 Å². The Hall–Kier alpha value is -4.18. The predicted molar refractivity (Wildman–Crippen MR) is 150 cm³/mol. The maximum Gasteiger partial charge on any atom is 0.416 e. The van der Waals surface area contributed by atoms with Crippen LogP contribution in [0.4, 0.5) is 24.5 Å². The van der Waals surface area contributed by atoms with E-state index in [4.69, 9.17) is 32.1 Å². The molecule has 41 heavy (non-hydrogen) atoms. The summed E-state index contributed by atoms with van der Waals surface area (Å²) in [6, 6.07) is 3.88. The molecule has 0 bridgehead atoms. The van der Waals surface area contributed by atoms with Gasteiger partial charge in [-0.2, -0.15) is 13.2 Å². The standard InChI is InChI=1S/C25H32F3N7O5S/c1-39-18-12-19(40-2)15(11-14(18)22(30)37)23(38)35-17-10-13(25(26,27)28)9-16(21(17)41-8-6-29)34-20(36)5-3-4-7-33-24(31)32/h9-12H,3-8,29H2,1-2H3,(H2,30,37)(H,34,36)(H,35,38)(H4,31,32,33). The van der Waals surface area contributed by atoms with Crippen molar-refractivity contribution in [1.29, 1.82) is 5.41 Å². The molecule has 0 radical (unpaired) electrons. The van der Waals surface area contributed by atoms with Crippen molar-refractivity contribution in [2.45, 2.75) is 30.3 Å². The summed E-state index contributed by atoms with van der Waals surface area (Å²) < 4.78 is 51.9. The zero-order valence-corrected chi connectivity index (χ0v) is 23.2. The molecule has 0 heterocycles. The van der Waals surface area contributed by atoms with E-state index >= 15 is 0 Å². The highest BCUT2D eigenvalue weighted by atomic mass is 32.2. The molecule has 0 aliphatic carbocycles. The summed E-state index contributed by atoms with van der Waals surface area (Å²) in [5.74, 6) is -2.32. The Morgan fingerprint density at radius 1 is 0.951 bits per heavy atom. The first-order valence-electron chi connectivity index (χ1n) is 12.1. The Morgan fingerprint density at radius 3 is 2.10 bits per heavy atom. The third-order valence-electron chi connectivity index (χ3n) is 5.48. The number of unbranched alkanes of at least 4 members (excludes halogenated alkanes) is 1. The predicted octanol–water partition coefficient (Wildman–Crippen LogP) is 2.72. The van der Waals surface area contributed by atoms with Crippen LogP contribution >= 0.6 is 11.8 Å². The number of benzene rings is 2. The second-order valence-corrected chi connectivity index (χ2v) is 9.56. The van der Waals surface area contributed by atoms with E-state index in [1.807, 2.05) is 0 Å². The molecule has 10 N–H and O–H groups in total. The van der Waals surface area contributed by atoms with Gasteiger partial charge in [-0.05, 0) is 31.0 Å². The molecule has 2 aromatic rings. The van der Waals surface area contributed by atoms with Gasteiger partial charge < -0.3 is 42.6 Å². The topological polar surface area (TPSA) is 208 Å². The molecule has 2 rings (SSSR count). The number of rotatable bonds is 14. The van der Waals surface area contributed by atoms with Crippen LogP contribution in [-0.4, -0.2) is 56.7 Å². The molecule has 0 atom stereocenters.